The first-order chi connectivity index (χ1) is 7.04. The average molecular weight is 211 g/mol. The molecule has 2 N–H and O–H groups in total. The molecule has 0 heterocycles. The smallest absolute Gasteiger partial charge is 0.254 e. The molecule has 0 saturated heterocycles. The molecule has 0 aliphatic carbocycles. The lowest BCUT2D eigenvalue weighted by atomic mass is 10.1. The summed E-state index contributed by atoms with van der Waals surface area (Å²) < 4.78 is 13.3. The number of hydrogen-bond acceptors (Lipinski definition) is 2. The average Bonchev–Trinajstić information content (AvgIpc) is 2.21. The van der Waals surface area contributed by atoms with Crippen LogP contribution in [0.1, 0.15) is 22.8 Å². The zero-order valence-corrected chi connectivity index (χ0v) is 8.75. The molecule has 15 heavy (non-hydrogen) atoms. The Morgan fingerprint density at radius 2 is 2.27 bits per heavy atom. The normalized spacial score (nSPS) is 12.3. The summed E-state index contributed by atoms with van der Waals surface area (Å²) in [6.45, 7) is 3.26. The van der Waals surface area contributed by atoms with Crippen LogP contribution in [-0.4, -0.2) is 23.7 Å². The minimum absolute atomic E-state index is 0.00954. The van der Waals surface area contributed by atoms with Crippen LogP contribution in [0.15, 0.2) is 18.2 Å². The zero-order chi connectivity index (χ0) is 11.4. The van der Waals surface area contributed by atoms with Gasteiger partial charge in [0.25, 0.3) is 5.91 Å². The van der Waals surface area contributed by atoms with Gasteiger partial charge in [0, 0.05) is 6.04 Å². The molecule has 82 valence electrons. The predicted octanol–water partition coefficient (Wildman–Crippen LogP) is 1.24. The molecule has 1 aromatic rings. The van der Waals surface area contributed by atoms with Crippen molar-refractivity contribution in [1.29, 1.82) is 0 Å². The van der Waals surface area contributed by atoms with Crippen molar-refractivity contribution in [2.45, 2.75) is 19.9 Å². The Hall–Kier alpha value is -1.42. The highest BCUT2D eigenvalue weighted by Gasteiger charge is 2.13. The lowest BCUT2D eigenvalue weighted by Crippen LogP contribution is -2.35. The number of nitrogens with one attached hydrogen (secondary N) is 1. The van der Waals surface area contributed by atoms with Crippen molar-refractivity contribution in [3.05, 3.63) is 35.1 Å². The number of aliphatic hydroxyl groups is 1. The molecule has 1 amide bonds. The third kappa shape index (κ3) is 3.02. The Morgan fingerprint density at radius 3 is 2.87 bits per heavy atom. The van der Waals surface area contributed by atoms with Crippen LogP contribution in [0.2, 0.25) is 0 Å². The third-order valence-electron chi connectivity index (χ3n) is 2.02. The number of hydrogen-bond donors (Lipinski definition) is 2. The Morgan fingerprint density at radius 1 is 1.60 bits per heavy atom. The van der Waals surface area contributed by atoms with Gasteiger partial charge in [-0.15, -0.1) is 0 Å². The van der Waals surface area contributed by atoms with E-state index in [4.69, 9.17) is 5.11 Å². The van der Waals surface area contributed by atoms with Crippen LogP contribution in [0, 0.1) is 12.7 Å². The first-order valence-corrected chi connectivity index (χ1v) is 4.72. The van der Waals surface area contributed by atoms with Crippen LogP contribution >= 0.6 is 0 Å². The van der Waals surface area contributed by atoms with E-state index < -0.39 is 11.7 Å². The van der Waals surface area contributed by atoms with Crippen LogP contribution in [0.4, 0.5) is 4.39 Å². The van der Waals surface area contributed by atoms with Gasteiger partial charge in [-0.2, -0.15) is 0 Å². The quantitative estimate of drug-likeness (QED) is 0.790. The summed E-state index contributed by atoms with van der Waals surface area (Å²) in [7, 11) is 0. The van der Waals surface area contributed by atoms with E-state index in [1.54, 1.807) is 19.9 Å². The minimum atomic E-state index is -0.553. The van der Waals surface area contributed by atoms with Crippen LogP contribution in [0.5, 0.6) is 0 Å². The monoisotopic (exact) mass is 211 g/mol. The minimum Gasteiger partial charge on any atom is -0.394 e. The number of carbonyl (C=O) groups is 1. The van der Waals surface area contributed by atoms with Gasteiger partial charge in [-0.25, -0.2) is 4.39 Å². The Bertz CT molecular complexity index is 366. The molecule has 0 fully saturated rings. The summed E-state index contributed by atoms with van der Waals surface area (Å²) in [6.07, 6.45) is 0. The SMILES string of the molecule is Cc1ccc(F)c(C(=O)N[C@@H](C)CO)c1. The molecule has 0 saturated carbocycles. The molecule has 0 aliphatic rings. The molecule has 0 spiro atoms. The number of amides is 1. The van der Waals surface area contributed by atoms with Crippen LogP contribution in [-0.2, 0) is 0 Å². The topological polar surface area (TPSA) is 49.3 Å². The number of benzene rings is 1. The molecule has 0 unspecified atom stereocenters. The Labute approximate surface area is 87.9 Å². The van der Waals surface area contributed by atoms with Gasteiger partial charge in [0.2, 0.25) is 0 Å². The van der Waals surface area contributed by atoms with Gasteiger partial charge >= 0.3 is 0 Å². The van der Waals surface area contributed by atoms with E-state index in [9.17, 15) is 9.18 Å². The second kappa shape index (κ2) is 4.89. The van der Waals surface area contributed by atoms with E-state index in [0.29, 0.717) is 0 Å². The molecular formula is C11H14FNO2. The van der Waals surface area contributed by atoms with Gasteiger partial charge in [-0.3, -0.25) is 4.79 Å². The van der Waals surface area contributed by atoms with Crippen molar-refractivity contribution in [1.82, 2.24) is 5.32 Å². The highest BCUT2D eigenvalue weighted by Crippen LogP contribution is 2.09. The highest BCUT2D eigenvalue weighted by molar-refractivity contribution is 5.94. The maximum Gasteiger partial charge on any atom is 0.254 e. The fourth-order valence-corrected chi connectivity index (χ4v) is 1.16. The predicted molar refractivity (Wildman–Crippen MR) is 55.2 cm³/mol. The van der Waals surface area contributed by atoms with Crippen molar-refractivity contribution < 1.29 is 14.3 Å². The van der Waals surface area contributed by atoms with Gasteiger partial charge in [0.15, 0.2) is 0 Å². The highest BCUT2D eigenvalue weighted by atomic mass is 19.1. The fourth-order valence-electron chi connectivity index (χ4n) is 1.16. The van der Waals surface area contributed by atoms with Crippen molar-refractivity contribution in [2.24, 2.45) is 0 Å². The maximum absolute atomic E-state index is 13.3. The molecule has 3 nitrogen and oxygen atoms in total. The second-order valence-electron chi connectivity index (χ2n) is 3.54. The number of aliphatic hydroxyl groups excluding tert-OH is 1. The van der Waals surface area contributed by atoms with E-state index in [2.05, 4.69) is 5.32 Å². The molecule has 1 aromatic carbocycles. The Kier molecular flexibility index (Phi) is 3.80. The standard InChI is InChI=1S/C11H14FNO2/c1-7-3-4-10(12)9(5-7)11(15)13-8(2)6-14/h3-5,8,14H,6H2,1-2H3,(H,13,15)/t8-/m0/s1. The third-order valence-corrected chi connectivity index (χ3v) is 2.02. The summed E-state index contributed by atoms with van der Waals surface area (Å²) in [5, 5.41) is 11.2. The number of carbonyl (C=O) groups excluding carboxylic acids is 1. The number of aryl methyl sites for hydroxylation is 1. The summed E-state index contributed by atoms with van der Waals surface area (Å²) in [4.78, 5) is 11.5. The van der Waals surface area contributed by atoms with Crippen molar-refractivity contribution >= 4 is 5.91 Å². The second-order valence-corrected chi connectivity index (χ2v) is 3.54. The van der Waals surface area contributed by atoms with E-state index in [-0.39, 0.29) is 18.2 Å². The van der Waals surface area contributed by atoms with Crippen LogP contribution < -0.4 is 5.32 Å². The van der Waals surface area contributed by atoms with Crippen molar-refractivity contribution in [3.8, 4) is 0 Å². The first kappa shape index (κ1) is 11.7. The summed E-state index contributed by atoms with van der Waals surface area (Å²) in [5.74, 6) is -1.05. The van der Waals surface area contributed by atoms with Gasteiger partial charge in [-0.05, 0) is 26.0 Å². The van der Waals surface area contributed by atoms with E-state index in [1.807, 2.05) is 0 Å². The van der Waals surface area contributed by atoms with Gasteiger partial charge in [0.05, 0.1) is 12.2 Å². The molecule has 1 rings (SSSR count). The van der Waals surface area contributed by atoms with E-state index in [1.165, 1.54) is 12.1 Å². The molecule has 0 aromatic heterocycles. The first-order valence-electron chi connectivity index (χ1n) is 4.72. The van der Waals surface area contributed by atoms with Crippen molar-refractivity contribution in [2.75, 3.05) is 6.61 Å². The summed E-state index contributed by atoms with van der Waals surface area (Å²) in [6, 6.07) is 3.96. The molecule has 1 atom stereocenters. The van der Waals surface area contributed by atoms with Crippen LogP contribution in [0.25, 0.3) is 0 Å². The van der Waals surface area contributed by atoms with E-state index >= 15 is 0 Å². The number of halogens is 1. The molecular weight excluding hydrogens is 197 g/mol. The number of rotatable bonds is 3. The van der Waals surface area contributed by atoms with Gasteiger partial charge in [0.1, 0.15) is 5.82 Å². The molecule has 0 bridgehead atoms. The zero-order valence-electron chi connectivity index (χ0n) is 8.75. The molecule has 0 radical (unpaired) electrons. The van der Waals surface area contributed by atoms with Gasteiger partial charge < -0.3 is 10.4 Å². The van der Waals surface area contributed by atoms with Gasteiger partial charge in [-0.1, -0.05) is 11.6 Å². The lowest BCUT2D eigenvalue weighted by molar-refractivity contribution is 0.0918. The molecule has 0 aliphatic heterocycles. The van der Waals surface area contributed by atoms with Crippen molar-refractivity contribution in [3.63, 3.8) is 0 Å². The largest absolute Gasteiger partial charge is 0.394 e. The Balaban J connectivity index is 2.86. The summed E-state index contributed by atoms with van der Waals surface area (Å²) in [5.41, 5.74) is 0.827. The maximum atomic E-state index is 13.3. The van der Waals surface area contributed by atoms with E-state index in [0.717, 1.165) is 5.56 Å². The lowest BCUT2D eigenvalue weighted by Gasteiger charge is -2.11. The fraction of sp³-hybridized carbons (Fsp3) is 0.364. The summed E-state index contributed by atoms with van der Waals surface area (Å²) >= 11 is 0. The van der Waals surface area contributed by atoms with Crippen LogP contribution in [0.3, 0.4) is 0 Å². The molecule has 4 heteroatoms.